The predicted octanol–water partition coefficient (Wildman–Crippen LogP) is -0.0586. The van der Waals surface area contributed by atoms with Crippen molar-refractivity contribution in [3.8, 4) is 11.5 Å². The number of rotatable bonds is 4. The summed E-state index contributed by atoms with van der Waals surface area (Å²) in [7, 11) is 1.45. The first-order chi connectivity index (χ1) is 12.3. The summed E-state index contributed by atoms with van der Waals surface area (Å²) in [5.41, 5.74) is -0.0582. The van der Waals surface area contributed by atoms with Crippen molar-refractivity contribution in [2.75, 3.05) is 7.11 Å². The first-order valence-corrected chi connectivity index (χ1v) is 8.08. The number of aromatic hydroxyl groups is 1. The predicted molar refractivity (Wildman–Crippen MR) is 89.0 cm³/mol. The van der Waals surface area contributed by atoms with Gasteiger partial charge in [-0.1, -0.05) is 6.07 Å². The highest BCUT2D eigenvalue weighted by molar-refractivity contribution is 5.41. The lowest BCUT2D eigenvalue weighted by atomic mass is 9.87. The largest absolute Gasteiger partial charge is 0.504 e. The van der Waals surface area contributed by atoms with E-state index in [1.165, 1.54) is 19.2 Å². The molecular formula is C18H20O8. The Morgan fingerprint density at radius 3 is 2.38 bits per heavy atom. The van der Waals surface area contributed by atoms with Gasteiger partial charge in [-0.3, -0.25) is 4.79 Å². The lowest BCUT2D eigenvalue weighted by Crippen LogP contribution is -2.44. The number of ether oxygens (including phenoxy) is 1. The van der Waals surface area contributed by atoms with Crippen molar-refractivity contribution in [3.63, 3.8) is 0 Å². The highest BCUT2D eigenvalue weighted by atomic mass is 16.5. The van der Waals surface area contributed by atoms with E-state index in [1.807, 2.05) is 0 Å². The summed E-state index contributed by atoms with van der Waals surface area (Å²) in [4.78, 5) is 12.3. The van der Waals surface area contributed by atoms with E-state index in [0.29, 0.717) is 12.2 Å². The molecule has 0 saturated carbocycles. The molecule has 0 saturated heterocycles. The summed E-state index contributed by atoms with van der Waals surface area (Å²) in [6.45, 7) is 0. The molecule has 1 aliphatic rings. The van der Waals surface area contributed by atoms with E-state index in [2.05, 4.69) is 0 Å². The van der Waals surface area contributed by atoms with Crippen LogP contribution in [0.25, 0.3) is 0 Å². The first kappa shape index (κ1) is 18.4. The summed E-state index contributed by atoms with van der Waals surface area (Å²) < 4.78 is 10.5. The van der Waals surface area contributed by atoms with Crippen molar-refractivity contribution in [2.24, 2.45) is 0 Å². The Morgan fingerprint density at radius 1 is 1.04 bits per heavy atom. The van der Waals surface area contributed by atoms with Gasteiger partial charge in [0.15, 0.2) is 16.9 Å². The summed E-state index contributed by atoms with van der Waals surface area (Å²) in [6.07, 6.45) is -5.85. The molecule has 0 amide bonds. The van der Waals surface area contributed by atoms with Gasteiger partial charge in [0.1, 0.15) is 35.9 Å². The van der Waals surface area contributed by atoms with E-state index < -0.39 is 29.8 Å². The van der Waals surface area contributed by atoms with E-state index in [-0.39, 0.29) is 29.3 Å². The second kappa shape index (κ2) is 7.08. The van der Waals surface area contributed by atoms with Crippen molar-refractivity contribution in [2.45, 2.75) is 37.3 Å². The van der Waals surface area contributed by atoms with Crippen molar-refractivity contribution >= 4 is 0 Å². The summed E-state index contributed by atoms with van der Waals surface area (Å²) in [5.74, 6) is 0.348. The fourth-order valence-corrected chi connectivity index (χ4v) is 3.06. The van der Waals surface area contributed by atoms with Crippen LogP contribution in [0.4, 0.5) is 0 Å². The molecule has 0 unspecified atom stereocenters. The second-order valence-electron chi connectivity index (χ2n) is 6.23. The van der Waals surface area contributed by atoms with Gasteiger partial charge in [-0.2, -0.15) is 0 Å². The molecule has 8 heteroatoms. The van der Waals surface area contributed by atoms with Crippen molar-refractivity contribution in [3.05, 3.63) is 57.1 Å². The molecule has 26 heavy (non-hydrogen) atoms. The molecule has 0 aliphatic heterocycles. The van der Waals surface area contributed by atoms with Crippen LogP contribution in [0.2, 0.25) is 0 Å². The summed E-state index contributed by atoms with van der Waals surface area (Å²) in [6, 6.07) is 6.09. The quantitative estimate of drug-likeness (QED) is 0.508. The standard InChI is InChI=1S/C18H20O8/c1-25-12-5-3-8(6-10(12)19)2-4-9-7-11(20)13-14(21)15(22)16(23)17(24)18(13)26-9/h3,5-7,14-17,19,21-24H,2,4H2,1H3/t14-,15+,16-,17+/m0/s1. The molecule has 4 atom stereocenters. The maximum Gasteiger partial charge on any atom is 0.191 e. The van der Waals surface area contributed by atoms with Crippen LogP contribution in [0, 0.1) is 0 Å². The lowest BCUT2D eigenvalue weighted by molar-refractivity contribution is -0.128. The number of phenolic OH excluding ortho intramolecular Hbond substituents is 1. The minimum atomic E-state index is -1.67. The average Bonchev–Trinajstić information content (AvgIpc) is 2.62. The lowest BCUT2D eigenvalue weighted by Gasteiger charge is -2.32. The summed E-state index contributed by atoms with van der Waals surface area (Å²) >= 11 is 0. The van der Waals surface area contributed by atoms with Gasteiger partial charge in [0.05, 0.1) is 12.7 Å². The molecule has 0 radical (unpaired) electrons. The van der Waals surface area contributed by atoms with Gasteiger partial charge in [-0.15, -0.1) is 0 Å². The molecule has 0 bridgehead atoms. The van der Waals surface area contributed by atoms with Gasteiger partial charge < -0.3 is 34.7 Å². The normalized spacial score (nSPS) is 25.0. The Kier molecular flexibility index (Phi) is 5.01. The van der Waals surface area contributed by atoms with Crippen LogP contribution in [0.15, 0.2) is 33.5 Å². The van der Waals surface area contributed by atoms with Gasteiger partial charge in [-0.25, -0.2) is 0 Å². The Morgan fingerprint density at radius 2 is 1.73 bits per heavy atom. The average molecular weight is 364 g/mol. The molecule has 5 N–H and O–H groups in total. The number of aryl methyl sites for hydroxylation is 2. The van der Waals surface area contributed by atoms with Crippen LogP contribution in [-0.4, -0.2) is 44.9 Å². The van der Waals surface area contributed by atoms with Crippen LogP contribution in [-0.2, 0) is 12.8 Å². The van der Waals surface area contributed by atoms with E-state index in [9.17, 15) is 30.3 Å². The van der Waals surface area contributed by atoms with Gasteiger partial charge in [0, 0.05) is 12.5 Å². The number of hydrogen-bond acceptors (Lipinski definition) is 8. The van der Waals surface area contributed by atoms with Crippen LogP contribution < -0.4 is 10.2 Å². The van der Waals surface area contributed by atoms with Gasteiger partial charge >= 0.3 is 0 Å². The smallest absolute Gasteiger partial charge is 0.191 e. The minimum Gasteiger partial charge on any atom is -0.504 e. The van der Waals surface area contributed by atoms with Crippen LogP contribution in [0.5, 0.6) is 11.5 Å². The van der Waals surface area contributed by atoms with E-state index in [1.54, 1.807) is 12.1 Å². The number of phenols is 1. The maximum atomic E-state index is 12.3. The zero-order valence-corrected chi connectivity index (χ0v) is 14.0. The van der Waals surface area contributed by atoms with Crippen molar-refractivity contribution in [1.29, 1.82) is 0 Å². The molecule has 2 aromatic rings. The highest BCUT2D eigenvalue weighted by Crippen LogP contribution is 2.35. The monoisotopic (exact) mass is 364 g/mol. The van der Waals surface area contributed by atoms with Crippen molar-refractivity contribution < 1.29 is 34.7 Å². The molecule has 0 fully saturated rings. The number of aliphatic hydroxyl groups excluding tert-OH is 4. The second-order valence-corrected chi connectivity index (χ2v) is 6.23. The third-order valence-electron chi connectivity index (χ3n) is 4.53. The zero-order valence-electron chi connectivity index (χ0n) is 14.0. The molecule has 1 heterocycles. The highest BCUT2D eigenvalue weighted by Gasteiger charge is 2.43. The van der Waals surface area contributed by atoms with E-state index in [0.717, 1.165) is 5.56 Å². The fraction of sp³-hybridized carbons (Fsp3) is 0.389. The number of benzene rings is 1. The zero-order chi connectivity index (χ0) is 19.0. The van der Waals surface area contributed by atoms with Gasteiger partial charge in [-0.05, 0) is 24.1 Å². The number of methoxy groups -OCH3 is 1. The Bertz CT molecular complexity index is 859. The molecule has 3 rings (SSSR count). The Balaban J connectivity index is 1.86. The first-order valence-electron chi connectivity index (χ1n) is 8.08. The van der Waals surface area contributed by atoms with Crippen LogP contribution >= 0.6 is 0 Å². The molecule has 140 valence electrons. The maximum absolute atomic E-state index is 12.3. The number of hydrogen-bond donors (Lipinski definition) is 5. The molecule has 1 aliphatic carbocycles. The van der Waals surface area contributed by atoms with E-state index >= 15 is 0 Å². The third-order valence-corrected chi connectivity index (χ3v) is 4.53. The summed E-state index contributed by atoms with van der Waals surface area (Å²) in [5, 5.41) is 49.3. The third kappa shape index (κ3) is 3.19. The minimum absolute atomic E-state index is 0.00690. The Hall–Kier alpha value is -2.39. The van der Waals surface area contributed by atoms with Crippen LogP contribution in [0.1, 0.15) is 34.9 Å². The topological polar surface area (TPSA) is 141 Å². The molecule has 0 spiro atoms. The van der Waals surface area contributed by atoms with E-state index in [4.69, 9.17) is 9.15 Å². The van der Waals surface area contributed by atoms with Crippen molar-refractivity contribution in [1.82, 2.24) is 0 Å². The number of aliphatic hydroxyl groups is 4. The molecule has 1 aromatic carbocycles. The fourth-order valence-electron chi connectivity index (χ4n) is 3.06. The van der Waals surface area contributed by atoms with Gasteiger partial charge in [0.2, 0.25) is 0 Å². The Labute approximate surface area is 148 Å². The number of fused-ring (bicyclic) bond motifs is 1. The molecular weight excluding hydrogens is 344 g/mol. The molecule has 1 aromatic heterocycles. The van der Waals surface area contributed by atoms with Crippen LogP contribution in [0.3, 0.4) is 0 Å². The SMILES string of the molecule is COc1ccc(CCc2cc(=O)c3c(o2)[C@H](O)[C@@H](O)[C@H](O)[C@H]3O)cc1O. The van der Waals surface area contributed by atoms with Gasteiger partial charge in [0.25, 0.3) is 0 Å². The molecule has 8 nitrogen and oxygen atoms in total.